The van der Waals surface area contributed by atoms with Crippen molar-refractivity contribution in [1.29, 1.82) is 0 Å². The first-order valence-corrected chi connectivity index (χ1v) is 10.2. The number of hydrogen-bond donors (Lipinski definition) is 0. The Balaban J connectivity index is 1.68. The molecule has 7 nitrogen and oxygen atoms in total. The maximum Gasteiger partial charge on any atom is 0.255 e. The lowest BCUT2D eigenvalue weighted by Crippen LogP contribution is -2.50. The van der Waals surface area contributed by atoms with Gasteiger partial charge in [0, 0.05) is 43.0 Å². The lowest BCUT2D eigenvalue weighted by atomic mass is 10.2. The number of benzene rings is 1. The summed E-state index contributed by atoms with van der Waals surface area (Å²) in [6.45, 7) is 1.17. The zero-order valence-electron chi connectivity index (χ0n) is 14.1. The molecule has 1 aromatic carbocycles. The van der Waals surface area contributed by atoms with Crippen LogP contribution in [0.4, 0.5) is 0 Å². The minimum atomic E-state index is -3.59. The molecule has 0 spiro atoms. The second-order valence-electron chi connectivity index (χ2n) is 5.76. The van der Waals surface area contributed by atoms with Gasteiger partial charge in [-0.25, -0.2) is 8.42 Å². The van der Waals surface area contributed by atoms with E-state index in [4.69, 9.17) is 4.74 Å². The van der Waals surface area contributed by atoms with Gasteiger partial charge in [-0.1, -0.05) is 0 Å². The van der Waals surface area contributed by atoms with Crippen molar-refractivity contribution < 1.29 is 17.9 Å². The summed E-state index contributed by atoms with van der Waals surface area (Å²) in [5, 5.41) is 0. The van der Waals surface area contributed by atoms with E-state index >= 15 is 0 Å². The van der Waals surface area contributed by atoms with Crippen molar-refractivity contribution >= 4 is 31.9 Å². The highest BCUT2D eigenvalue weighted by molar-refractivity contribution is 9.10. The normalized spacial score (nSPS) is 15.7. The summed E-state index contributed by atoms with van der Waals surface area (Å²) in [6, 6.07) is 7.99. The average Bonchev–Trinajstić information content (AvgIpc) is 2.67. The number of carbonyl (C=O) groups excluding carboxylic acids is 1. The number of ether oxygens (including phenoxy) is 1. The number of pyridine rings is 1. The van der Waals surface area contributed by atoms with Crippen LogP contribution in [0.25, 0.3) is 0 Å². The van der Waals surface area contributed by atoms with E-state index in [1.807, 2.05) is 0 Å². The Kier molecular flexibility index (Phi) is 5.59. The number of rotatable bonds is 4. The number of carbonyl (C=O) groups is 1. The van der Waals surface area contributed by atoms with Crippen molar-refractivity contribution in [3.63, 3.8) is 0 Å². The van der Waals surface area contributed by atoms with Gasteiger partial charge in [-0.15, -0.1) is 0 Å². The highest BCUT2D eigenvalue weighted by Gasteiger charge is 2.30. The molecule has 26 heavy (non-hydrogen) atoms. The quantitative estimate of drug-likeness (QED) is 0.727. The van der Waals surface area contributed by atoms with Crippen molar-refractivity contribution in [2.45, 2.75) is 4.90 Å². The molecule has 1 aliphatic heterocycles. The van der Waals surface area contributed by atoms with Crippen LogP contribution in [0, 0.1) is 0 Å². The Morgan fingerprint density at radius 1 is 1.12 bits per heavy atom. The molecule has 138 valence electrons. The standard InChI is InChI=1S/C17H18BrN3O4S/c1-25-15-2-4-16(5-3-15)26(23,24)21-8-6-20(7-9-21)17(22)13-10-14(18)12-19-11-13/h2-5,10-12H,6-9H2,1H3. The molecular weight excluding hydrogens is 422 g/mol. The van der Waals surface area contributed by atoms with Crippen molar-refractivity contribution in [2.75, 3.05) is 33.3 Å². The molecule has 1 amide bonds. The lowest BCUT2D eigenvalue weighted by molar-refractivity contribution is 0.0697. The van der Waals surface area contributed by atoms with E-state index in [0.717, 1.165) is 4.47 Å². The molecule has 0 atom stereocenters. The number of aromatic nitrogens is 1. The molecule has 0 saturated carbocycles. The Labute approximate surface area is 160 Å². The molecule has 2 aromatic rings. The smallest absolute Gasteiger partial charge is 0.255 e. The number of halogens is 1. The summed E-state index contributed by atoms with van der Waals surface area (Å²) < 4.78 is 32.7. The van der Waals surface area contributed by atoms with Crippen LogP contribution in [-0.4, -0.2) is 61.8 Å². The summed E-state index contributed by atoms with van der Waals surface area (Å²) in [4.78, 5) is 18.4. The molecule has 1 aliphatic rings. The van der Waals surface area contributed by atoms with Crippen LogP contribution < -0.4 is 4.74 Å². The minimum Gasteiger partial charge on any atom is -0.497 e. The van der Waals surface area contributed by atoms with Crippen molar-refractivity contribution in [2.24, 2.45) is 0 Å². The van der Waals surface area contributed by atoms with Crippen molar-refractivity contribution in [3.05, 3.63) is 52.8 Å². The molecule has 1 aromatic heterocycles. The summed E-state index contributed by atoms with van der Waals surface area (Å²) in [7, 11) is -2.06. The van der Waals surface area contributed by atoms with Gasteiger partial charge in [0.2, 0.25) is 10.0 Å². The zero-order chi connectivity index (χ0) is 18.7. The lowest BCUT2D eigenvalue weighted by Gasteiger charge is -2.34. The summed E-state index contributed by atoms with van der Waals surface area (Å²) in [5.74, 6) is 0.447. The van der Waals surface area contributed by atoms with Crippen LogP contribution in [0.2, 0.25) is 0 Å². The number of amides is 1. The fourth-order valence-corrected chi connectivity index (χ4v) is 4.53. The molecule has 0 radical (unpaired) electrons. The van der Waals surface area contributed by atoms with E-state index in [-0.39, 0.29) is 23.9 Å². The zero-order valence-corrected chi connectivity index (χ0v) is 16.5. The minimum absolute atomic E-state index is 0.153. The fourth-order valence-electron chi connectivity index (χ4n) is 2.74. The molecule has 1 saturated heterocycles. The maximum absolute atomic E-state index is 12.7. The van der Waals surface area contributed by atoms with Crippen LogP contribution in [0.5, 0.6) is 5.75 Å². The molecule has 0 bridgehead atoms. The number of piperazine rings is 1. The molecule has 0 N–H and O–H groups in total. The topological polar surface area (TPSA) is 79.8 Å². The van der Waals surface area contributed by atoms with E-state index in [1.165, 1.54) is 29.7 Å². The summed E-state index contributed by atoms with van der Waals surface area (Å²) in [5.41, 5.74) is 0.478. The van der Waals surface area contributed by atoms with Gasteiger partial charge in [0.25, 0.3) is 5.91 Å². The van der Waals surface area contributed by atoms with Gasteiger partial charge in [0.15, 0.2) is 0 Å². The van der Waals surface area contributed by atoms with Crippen LogP contribution >= 0.6 is 15.9 Å². The van der Waals surface area contributed by atoms with E-state index in [1.54, 1.807) is 29.3 Å². The third-order valence-electron chi connectivity index (χ3n) is 4.17. The number of nitrogens with zero attached hydrogens (tertiary/aromatic N) is 3. The molecular formula is C17H18BrN3O4S. The molecule has 9 heteroatoms. The Bertz CT molecular complexity index is 894. The van der Waals surface area contributed by atoms with E-state index in [2.05, 4.69) is 20.9 Å². The number of hydrogen-bond acceptors (Lipinski definition) is 5. The second kappa shape index (κ2) is 7.73. The van der Waals surface area contributed by atoms with Crippen LogP contribution in [0.3, 0.4) is 0 Å². The van der Waals surface area contributed by atoms with Crippen molar-refractivity contribution in [3.8, 4) is 5.75 Å². The fraction of sp³-hybridized carbons (Fsp3) is 0.294. The first-order valence-electron chi connectivity index (χ1n) is 7.96. The van der Waals surface area contributed by atoms with Gasteiger partial charge >= 0.3 is 0 Å². The predicted molar refractivity (Wildman–Crippen MR) is 99.6 cm³/mol. The van der Waals surface area contributed by atoms with Gasteiger partial charge in [-0.05, 0) is 46.3 Å². The third kappa shape index (κ3) is 3.89. The van der Waals surface area contributed by atoms with E-state index in [9.17, 15) is 13.2 Å². The highest BCUT2D eigenvalue weighted by Crippen LogP contribution is 2.21. The van der Waals surface area contributed by atoms with Crippen LogP contribution in [-0.2, 0) is 10.0 Å². The number of sulfonamides is 1. The van der Waals surface area contributed by atoms with Crippen LogP contribution in [0.1, 0.15) is 10.4 Å². The maximum atomic E-state index is 12.7. The predicted octanol–water partition coefficient (Wildman–Crippen LogP) is 2.00. The number of methoxy groups -OCH3 is 1. The average molecular weight is 440 g/mol. The van der Waals surface area contributed by atoms with Gasteiger partial charge in [-0.3, -0.25) is 9.78 Å². The first-order chi connectivity index (χ1) is 12.4. The molecule has 0 unspecified atom stereocenters. The summed E-state index contributed by atoms with van der Waals surface area (Å²) in [6.07, 6.45) is 3.11. The Morgan fingerprint density at radius 2 is 1.77 bits per heavy atom. The van der Waals surface area contributed by atoms with Gasteiger partial charge in [0.1, 0.15) is 5.75 Å². The second-order valence-corrected chi connectivity index (χ2v) is 8.62. The Morgan fingerprint density at radius 3 is 2.35 bits per heavy atom. The first kappa shape index (κ1) is 18.8. The van der Waals surface area contributed by atoms with E-state index in [0.29, 0.717) is 24.4 Å². The molecule has 2 heterocycles. The molecule has 1 fully saturated rings. The Hall–Kier alpha value is -1.97. The van der Waals surface area contributed by atoms with Gasteiger partial charge in [0.05, 0.1) is 17.6 Å². The van der Waals surface area contributed by atoms with Crippen molar-refractivity contribution in [1.82, 2.24) is 14.2 Å². The molecule has 0 aliphatic carbocycles. The SMILES string of the molecule is COc1ccc(S(=O)(=O)N2CCN(C(=O)c3cncc(Br)c3)CC2)cc1. The highest BCUT2D eigenvalue weighted by atomic mass is 79.9. The monoisotopic (exact) mass is 439 g/mol. The van der Waals surface area contributed by atoms with E-state index < -0.39 is 10.0 Å². The largest absolute Gasteiger partial charge is 0.497 e. The summed E-state index contributed by atoms with van der Waals surface area (Å²) >= 11 is 3.30. The van der Waals surface area contributed by atoms with Gasteiger partial charge in [-0.2, -0.15) is 4.31 Å². The van der Waals surface area contributed by atoms with Crippen LogP contribution in [0.15, 0.2) is 52.1 Å². The molecule has 3 rings (SSSR count). The van der Waals surface area contributed by atoms with Gasteiger partial charge < -0.3 is 9.64 Å². The third-order valence-corrected chi connectivity index (χ3v) is 6.52.